The summed E-state index contributed by atoms with van der Waals surface area (Å²) in [6, 6.07) is -0.0463. The van der Waals surface area contributed by atoms with Crippen molar-refractivity contribution in [3.63, 3.8) is 0 Å². The van der Waals surface area contributed by atoms with E-state index in [9.17, 15) is 8.42 Å². The van der Waals surface area contributed by atoms with E-state index in [1.807, 2.05) is 0 Å². The fourth-order valence-corrected chi connectivity index (χ4v) is 2.93. The Balaban J connectivity index is 2.08. The van der Waals surface area contributed by atoms with Gasteiger partial charge in [0.1, 0.15) is 0 Å². The highest BCUT2D eigenvalue weighted by Crippen LogP contribution is 2.21. The Morgan fingerprint density at radius 2 is 2.23 bits per heavy atom. The van der Waals surface area contributed by atoms with E-state index in [0.717, 1.165) is 13.0 Å². The van der Waals surface area contributed by atoms with Crippen LogP contribution in [0, 0.1) is 5.92 Å². The van der Waals surface area contributed by atoms with E-state index in [1.54, 1.807) is 0 Å². The maximum atomic E-state index is 11.1. The van der Waals surface area contributed by atoms with Gasteiger partial charge in [0.25, 0.3) is 10.2 Å². The average molecular weight is 206 g/mol. The molecule has 2 saturated heterocycles. The van der Waals surface area contributed by atoms with Crippen molar-refractivity contribution in [1.29, 1.82) is 0 Å². The molecule has 0 saturated carbocycles. The van der Waals surface area contributed by atoms with E-state index in [1.165, 1.54) is 0 Å². The smallest absolute Gasteiger partial charge is 0.277 e. The second-order valence-electron chi connectivity index (χ2n) is 3.79. The number of hydrogen-bond donors (Lipinski definition) is 2. The lowest BCUT2D eigenvalue weighted by Gasteiger charge is -2.38. The Kier molecular flexibility index (Phi) is 2.31. The van der Waals surface area contributed by atoms with Gasteiger partial charge >= 0.3 is 0 Å². The topological polar surface area (TPSA) is 67.4 Å². The molecule has 2 N–H and O–H groups in total. The fourth-order valence-electron chi connectivity index (χ4n) is 1.82. The van der Waals surface area contributed by atoms with Gasteiger partial charge in [-0.15, -0.1) is 0 Å². The second-order valence-corrected chi connectivity index (χ2v) is 5.32. The first-order valence-electron chi connectivity index (χ1n) is 4.45. The molecular formula is C7H14N2O3S. The van der Waals surface area contributed by atoms with Crippen molar-refractivity contribution >= 4 is 10.2 Å². The first-order chi connectivity index (χ1) is 6.07. The molecule has 0 aromatic carbocycles. The molecule has 0 aromatic rings. The Morgan fingerprint density at radius 3 is 3.00 bits per heavy atom. The lowest BCUT2D eigenvalue weighted by atomic mass is 9.96. The van der Waals surface area contributed by atoms with Crippen LogP contribution in [0.3, 0.4) is 0 Å². The highest BCUT2D eigenvalue weighted by molar-refractivity contribution is 7.87. The summed E-state index contributed by atoms with van der Waals surface area (Å²) in [5.41, 5.74) is 0. The van der Waals surface area contributed by atoms with Gasteiger partial charge in [0.15, 0.2) is 0 Å². The molecule has 3 unspecified atom stereocenters. The van der Waals surface area contributed by atoms with Crippen LogP contribution in [0.1, 0.15) is 13.3 Å². The third-order valence-electron chi connectivity index (χ3n) is 2.48. The minimum atomic E-state index is -3.26. The molecule has 13 heavy (non-hydrogen) atoms. The summed E-state index contributed by atoms with van der Waals surface area (Å²) >= 11 is 0. The summed E-state index contributed by atoms with van der Waals surface area (Å²) in [5, 5.41) is 0. The molecule has 76 valence electrons. The number of ether oxygens (including phenoxy) is 1. The number of hydrogen-bond acceptors (Lipinski definition) is 3. The molecule has 0 bridgehead atoms. The third-order valence-corrected chi connectivity index (χ3v) is 3.64. The SMILES string of the molecule is CC1COC2CNS(=O)(=O)NC2C1. The molecule has 0 radical (unpaired) electrons. The maximum absolute atomic E-state index is 11.1. The van der Waals surface area contributed by atoms with Gasteiger partial charge in [0, 0.05) is 13.2 Å². The number of rotatable bonds is 0. The van der Waals surface area contributed by atoms with E-state index in [4.69, 9.17) is 4.74 Å². The molecule has 2 aliphatic rings. The molecule has 0 aromatic heterocycles. The predicted octanol–water partition coefficient (Wildman–Crippen LogP) is -0.782. The summed E-state index contributed by atoms with van der Waals surface area (Å²) < 4.78 is 32.7. The first-order valence-corrected chi connectivity index (χ1v) is 5.94. The van der Waals surface area contributed by atoms with Crippen molar-refractivity contribution in [3.8, 4) is 0 Å². The van der Waals surface area contributed by atoms with Gasteiger partial charge in [-0.25, -0.2) is 0 Å². The third kappa shape index (κ3) is 2.01. The first kappa shape index (κ1) is 9.39. The molecule has 2 fully saturated rings. The summed E-state index contributed by atoms with van der Waals surface area (Å²) in [6.07, 6.45) is 0.866. The zero-order chi connectivity index (χ0) is 9.47. The monoisotopic (exact) mass is 206 g/mol. The standard InChI is InChI=1S/C7H14N2O3S/c1-5-2-6-7(12-4-5)3-8-13(10,11)9-6/h5-9H,2-4H2,1H3. The minimum Gasteiger partial charge on any atom is -0.375 e. The molecule has 0 aliphatic carbocycles. The quantitative estimate of drug-likeness (QED) is 0.546. The van der Waals surface area contributed by atoms with Crippen LogP contribution in [0.4, 0.5) is 0 Å². The largest absolute Gasteiger partial charge is 0.375 e. The molecule has 0 amide bonds. The predicted molar refractivity (Wildman–Crippen MR) is 47.4 cm³/mol. The van der Waals surface area contributed by atoms with Crippen LogP contribution in [0.15, 0.2) is 0 Å². The van der Waals surface area contributed by atoms with Crippen molar-refractivity contribution in [1.82, 2.24) is 9.44 Å². The summed E-state index contributed by atoms with van der Waals surface area (Å²) in [5.74, 6) is 0.432. The minimum absolute atomic E-state index is 0.000255. The molecule has 6 heteroatoms. The van der Waals surface area contributed by atoms with Crippen molar-refractivity contribution < 1.29 is 13.2 Å². The van der Waals surface area contributed by atoms with Crippen LogP contribution < -0.4 is 9.44 Å². The van der Waals surface area contributed by atoms with Crippen molar-refractivity contribution in [2.75, 3.05) is 13.2 Å². The molecule has 2 rings (SSSR count). The Morgan fingerprint density at radius 1 is 1.46 bits per heavy atom. The molecule has 0 spiro atoms. The van der Waals surface area contributed by atoms with Gasteiger partial charge in [0.2, 0.25) is 0 Å². The van der Waals surface area contributed by atoms with Crippen LogP contribution in [0.2, 0.25) is 0 Å². The zero-order valence-electron chi connectivity index (χ0n) is 7.49. The van der Waals surface area contributed by atoms with E-state index in [0.29, 0.717) is 12.5 Å². The lowest BCUT2D eigenvalue weighted by molar-refractivity contribution is -0.0291. The van der Waals surface area contributed by atoms with E-state index >= 15 is 0 Å². The molecule has 5 nitrogen and oxygen atoms in total. The Labute approximate surface area is 78.0 Å². The van der Waals surface area contributed by atoms with Crippen LogP contribution >= 0.6 is 0 Å². The lowest BCUT2D eigenvalue weighted by Crippen LogP contribution is -2.61. The number of nitrogens with one attached hydrogen (secondary N) is 2. The van der Waals surface area contributed by atoms with E-state index in [2.05, 4.69) is 16.4 Å². The normalized spacial score (nSPS) is 43.9. The van der Waals surface area contributed by atoms with Gasteiger partial charge in [-0.05, 0) is 12.3 Å². The number of fused-ring (bicyclic) bond motifs is 1. The van der Waals surface area contributed by atoms with Gasteiger partial charge in [-0.3, -0.25) is 0 Å². The van der Waals surface area contributed by atoms with Crippen molar-refractivity contribution in [3.05, 3.63) is 0 Å². The molecule has 3 atom stereocenters. The average Bonchev–Trinajstić information content (AvgIpc) is 2.01. The summed E-state index contributed by atoms with van der Waals surface area (Å²) in [7, 11) is -3.26. The Bertz CT molecular complexity index is 290. The van der Waals surface area contributed by atoms with Crippen LogP contribution in [-0.2, 0) is 14.9 Å². The maximum Gasteiger partial charge on any atom is 0.277 e. The van der Waals surface area contributed by atoms with Crippen LogP contribution in [0.5, 0.6) is 0 Å². The summed E-state index contributed by atoms with van der Waals surface area (Å²) in [6.45, 7) is 3.18. The second kappa shape index (κ2) is 3.20. The van der Waals surface area contributed by atoms with Crippen molar-refractivity contribution in [2.45, 2.75) is 25.5 Å². The van der Waals surface area contributed by atoms with Crippen molar-refractivity contribution in [2.24, 2.45) is 5.92 Å². The fraction of sp³-hybridized carbons (Fsp3) is 1.00. The molecular weight excluding hydrogens is 192 g/mol. The highest BCUT2D eigenvalue weighted by atomic mass is 32.2. The Hall–Kier alpha value is -0.170. The van der Waals surface area contributed by atoms with Gasteiger partial charge < -0.3 is 4.74 Å². The van der Waals surface area contributed by atoms with Crippen LogP contribution in [0.25, 0.3) is 0 Å². The highest BCUT2D eigenvalue weighted by Gasteiger charge is 2.36. The molecule has 2 heterocycles. The summed E-state index contributed by atoms with van der Waals surface area (Å²) in [4.78, 5) is 0. The van der Waals surface area contributed by atoms with Crippen LogP contribution in [-0.4, -0.2) is 33.7 Å². The van der Waals surface area contributed by atoms with Gasteiger partial charge in [0.05, 0.1) is 12.1 Å². The molecule has 2 aliphatic heterocycles. The van der Waals surface area contributed by atoms with E-state index in [-0.39, 0.29) is 12.1 Å². The van der Waals surface area contributed by atoms with Gasteiger partial charge in [-0.1, -0.05) is 6.92 Å². The van der Waals surface area contributed by atoms with Gasteiger partial charge in [-0.2, -0.15) is 17.9 Å². The zero-order valence-corrected chi connectivity index (χ0v) is 8.30. The van der Waals surface area contributed by atoms with E-state index < -0.39 is 10.2 Å².